The van der Waals surface area contributed by atoms with Crippen LogP contribution in [0.15, 0.2) is 48.5 Å². The summed E-state index contributed by atoms with van der Waals surface area (Å²) in [5, 5.41) is 11.9. The fraction of sp³-hybridized carbons (Fsp3) is 0.333. The van der Waals surface area contributed by atoms with E-state index in [0.717, 1.165) is 24.8 Å². The number of amides is 1. The summed E-state index contributed by atoms with van der Waals surface area (Å²) >= 11 is 0. The van der Waals surface area contributed by atoms with Crippen molar-refractivity contribution < 1.29 is 24.2 Å². The Kier molecular flexibility index (Phi) is 5.64. The smallest absolute Gasteiger partial charge is 0.341 e. The highest BCUT2D eigenvalue weighted by molar-refractivity contribution is 5.95. The summed E-state index contributed by atoms with van der Waals surface area (Å²) in [6.07, 6.45) is 2.88. The molecule has 0 aromatic heterocycles. The molecule has 6 nitrogen and oxygen atoms in total. The summed E-state index contributed by atoms with van der Waals surface area (Å²) in [4.78, 5) is 23.6. The molecule has 0 bridgehead atoms. The molecule has 1 aliphatic carbocycles. The first kappa shape index (κ1) is 18.8. The average molecular weight is 369 g/mol. The fourth-order valence-corrected chi connectivity index (χ4v) is 3.24. The van der Waals surface area contributed by atoms with Gasteiger partial charge in [0.15, 0.2) is 18.1 Å². The first-order valence-corrected chi connectivity index (χ1v) is 9.03. The highest BCUT2D eigenvalue weighted by Crippen LogP contribution is 2.41. The van der Waals surface area contributed by atoms with Crippen LogP contribution in [-0.2, 0) is 10.3 Å². The lowest BCUT2D eigenvalue weighted by atomic mass is 9.71. The first-order valence-electron chi connectivity index (χ1n) is 9.03. The van der Waals surface area contributed by atoms with Gasteiger partial charge in [-0.05, 0) is 49.9 Å². The van der Waals surface area contributed by atoms with Crippen LogP contribution in [0, 0.1) is 0 Å². The zero-order valence-corrected chi connectivity index (χ0v) is 15.2. The molecule has 1 amide bonds. The van der Waals surface area contributed by atoms with Crippen LogP contribution in [0.1, 0.15) is 42.1 Å². The van der Waals surface area contributed by atoms with Crippen molar-refractivity contribution in [2.45, 2.75) is 31.7 Å². The Morgan fingerprint density at radius 2 is 1.81 bits per heavy atom. The van der Waals surface area contributed by atoms with Gasteiger partial charge in [0.1, 0.15) is 0 Å². The van der Waals surface area contributed by atoms with Gasteiger partial charge < -0.3 is 19.9 Å². The molecule has 3 rings (SSSR count). The molecule has 1 aliphatic rings. The molecule has 0 aliphatic heterocycles. The number of hydrogen-bond acceptors (Lipinski definition) is 4. The third kappa shape index (κ3) is 4.22. The Balaban J connectivity index is 1.79. The van der Waals surface area contributed by atoms with Gasteiger partial charge in [0.2, 0.25) is 0 Å². The molecule has 0 radical (unpaired) electrons. The number of benzene rings is 2. The Morgan fingerprint density at radius 1 is 1.07 bits per heavy atom. The van der Waals surface area contributed by atoms with Gasteiger partial charge in [0.05, 0.1) is 12.1 Å². The van der Waals surface area contributed by atoms with Crippen molar-refractivity contribution >= 4 is 11.9 Å². The third-order valence-corrected chi connectivity index (χ3v) is 4.74. The Hall–Kier alpha value is -3.02. The van der Waals surface area contributed by atoms with E-state index in [-0.39, 0.29) is 11.4 Å². The quantitative estimate of drug-likeness (QED) is 0.745. The second-order valence-electron chi connectivity index (χ2n) is 6.53. The van der Waals surface area contributed by atoms with E-state index in [1.165, 1.54) is 0 Å². The van der Waals surface area contributed by atoms with Crippen LogP contribution in [0.25, 0.3) is 0 Å². The summed E-state index contributed by atoms with van der Waals surface area (Å²) in [7, 11) is 0. The predicted octanol–water partition coefficient (Wildman–Crippen LogP) is 3.36. The molecule has 0 atom stereocenters. The van der Waals surface area contributed by atoms with Crippen LogP contribution in [0.5, 0.6) is 11.5 Å². The number of carbonyl (C=O) groups excluding carboxylic acids is 1. The van der Waals surface area contributed by atoms with Crippen LogP contribution in [-0.4, -0.2) is 30.2 Å². The highest BCUT2D eigenvalue weighted by Gasteiger charge is 2.40. The lowest BCUT2D eigenvalue weighted by Gasteiger charge is -2.43. The number of carboxylic acid groups (broad SMARTS) is 1. The summed E-state index contributed by atoms with van der Waals surface area (Å²) in [6, 6.07) is 14.8. The number of hydrogen-bond donors (Lipinski definition) is 2. The van der Waals surface area contributed by atoms with Crippen molar-refractivity contribution in [3.05, 3.63) is 59.7 Å². The largest absolute Gasteiger partial charge is 0.490 e. The highest BCUT2D eigenvalue weighted by atomic mass is 16.5. The third-order valence-electron chi connectivity index (χ3n) is 4.74. The SMILES string of the molecule is CCOc1cc(C(=O)NC2(c3ccccc3)CCC2)ccc1OCC(=O)O. The summed E-state index contributed by atoms with van der Waals surface area (Å²) in [5.41, 5.74) is 1.22. The minimum Gasteiger partial charge on any atom is -0.490 e. The molecule has 27 heavy (non-hydrogen) atoms. The standard InChI is InChI=1S/C21H23NO5/c1-2-26-18-13-15(9-10-17(18)27-14-19(23)24)20(25)22-21(11-6-12-21)16-7-4-3-5-8-16/h3-5,7-10,13H,2,6,11-12,14H2,1H3,(H,22,25)(H,23,24). The maximum Gasteiger partial charge on any atom is 0.341 e. The average Bonchev–Trinajstić information content (AvgIpc) is 2.64. The molecule has 0 unspecified atom stereocenters. The van der Waals surface area contributed by atoms with Gasteiger partial charge >= 0.3 is 5.97 Å². The summed E-state index contributed by atoms with van der Waals surface area (Å²) in [5.74, 6) is -0.607. The van der Waals surface area contributed by atoms with Gasteiger partial charge in [-0.15, -0.1) is 0 Å². The molecule has 1 fully saturated rings. The summed E-state index contributed by atoms with van der Waals surface area (Å²) < 4.78 is 10.7. The van der Waals surface area contributed by atoms with E-state index in [0.29, 0.717) is 23.7 Å². The summed E-state index contributed by atoms with van der Waals surface area (Å²) in [6.45, 7) is 1.72. The van der Waals surface area contributed by atoms with Crippen molar-refractivity contribution in [3.8, 4) is 11.5 Å². The van der Waals surface area contributed by atoms with Gasteiger partial charge in [-0.25, -0.2) is 4.79 Å². The number of carboxylic acids is 1. The molecule has 2 aromatic carbocycles. The number of nitrogens with one attached hydrogen (secondary N) is 1. The van der Waals surface area contributed by atoms with Crippen LogP contribution in [0.3, 0.4) is 0 Å². The minimum absolute atomic E-state index is 0.190. The van der Waals surface area contributed by atoms with Crippen LogP contribution in [0.2, 0.25) is 0 Å². The molecular weight excluding hydrogens is 346 g/mol. The van der Waals surface area contributed by atoms with E-state index < -0.39 is 12.6 Å². The lowest BCUT2D eigenvalue weighted by molar-refractivity contribution is -0.139. The molecule has 1 saturated carbocycles. The van der Waals surface area contributed by atoms with Crippen molar-refractivity contribution in [2.75, 3.05) is 13.2 Å². The molecule has 0 heterocycles. The number of aliphatic carboxylic acids is 1. The molecular formula is C21H23NO5. The van der Waals surface area contributed by atoms with Crippen molar-refractivity contribution in [2.24, 2.45) is 0 Å². The molecule has 0 saturated heterocycles. The Bertz CT molecular complexity index is 815. The van der Waals surface area contributed by atoms with Gasteiger partial charge in [-0.3, -0.25) is 4.79 Å². The molecule has 2 aromatic rings. The van der Waals surface area contributed by atoms with Crippen molar-refractivity contribution in [1.29, 1.82) is 0 Å². The van der Waals surface area contributed by atoms with E-state index in [1.54, 1.807) is 18.2 Å². The number of rotatable bonds is 8. The maximum atomic E-state index is 12.9. The van der Waals surface area contributed by atoms with E-state index in [1.807, 2.05) is 37.3 Å². The van der Waals surface area contributed by atoms with E-state index >= 15 is 0 Å². The van der Waals surface area contributed by atoms with E-state index in [4.69, 9.17) is 14.6 Å². The van der Waals surface area contributed by atoms with E-state index in [9.17, 15) is 9.59 Å². The van der Waals surface area contributed by atoms with Gasteiger partial charge in [0, 0.05) is 5.56 Å². The monoisotopic (exact) mass is 369 g/mol. The zero-order valence-electron chi connectivity index (χ0n) is 15.2. The van der Waals surface area contributed by atoms with Gasteiger partial charge in [-0.2, -0.15) is 0 Å². The maximum absolute atomic E-state index is 12.9. The predicted molar refractivity (Wildman–Crippen MR) is 100 cm³/mol. The normalized spacial score (nSPS) is 14.7. The van der Waals surface area contributed by atoms with Crippen LogP contribution >= 0.6 is 0 Å². The molecule has 0 spiro atoms. The molecule has 6 heteroatoms. The van der Waals surface area contributed by atoms with Crippen LogP contribution in [0.4, 0.5) is 0 Å². The van der Waals surface area contributed by atoms with Crippen molar-refractivity contribution in [1.82, 2.24) is 5.32 Å². The van der Waals surface area contributed by atoms with Gasteiger partial charge in [-0.1, -0.05) is 30.3 Å². The van der Waals surface area contributed by atoms with E-state index in [2.05, 4.69) is 5.32 Å². The topological polar surface area (TPSA) is 84.9 Å². The second-order valence-corrected chi connectivity index (χ2v) is 6.53. The fourth-order valence-electron chi connectivity index (χ4n) is 3.24. The van der Waals surface area contributed by atoms with Crippen LogP contribution < -0.4 is 14.8 Å². The van der Waals surface area contributed by atoms with Gasteiger partial charge in [0.25, 0.3) is 5.91 Å². The number of carbonyl (C=O) groups is 2. The minimum atomic E-state index is -1.07. The van der Waals surface area contributed by atoms with Crippen molar-refractivity contribution in [3.63, 3.8) is 0 Å². The number of ether oxygens (including phenoxy) is 2. The lowest BCUT2D eigenvalue weighted by Crippen LogP contribution is -2.50. The zero-order chi connectivity index (χ0) is 19.3. The Morgan fingerprint density at radius 3 is 2.41 bits per heavy atom. The Labute approximate surface area is 158 Å². The molecule has 142 valence electrons. The molecule has 2 N–H and O–H groups in total. The second kappa shape index (κ2) is 8.12. The first-order chi connectivity index (χ1) is 13.0.